The minimum absolute atomic E-state index is 0.268. The first-order valence-corrected chi connectivity index (χ1v) is 6.62. The molecule has 0 saturated heterocycles. The number of nitrogens with zero attached hydrogens (tertiary/aromatic N) is 1. The van der Waals surface area contributed by atoms with Crippen LogP contribution in [0.25, 0.3) is 0 Å². The highest BCUT2D eigenvalue weighted by Crippen LogP contribution is 2.28. The highest BCUT2D eigenvalue weighted by Gasteiger charge is 2.37. The molecule has 1 unspecified atom stereocenters. The fourth-order valence-electron chi connectivity index (χ4n) is 1.94. The van der Waals surface area contributed by atoms with E-state index in [9.17, 15) is 4.79 Å². The third-order valence-corrected chi connectivity index (χ3v) is 3.67. The Kier molecular flexibility index (Phi) is 4.95. The van der Waals surface area contributed by atoms with Gasteiger partial charge in [-0.25, -0.2) is 0 Å². The molecule has 3 N–H and O–H groups in total. The smallest absolute Gasteiger partial charge is 0.238 e. The summed E-state index contributed by atoms with van der Waals surface area (Å²) in [5.74, 6) is 0.431. The zero-order valence-electron chi connectivity index (χ0n) is 11.6. The van der Waals surface area contributed by atoms with Crippen LogP contribution in [0.15, 0.2) is 0 Å². The van der Waals surface area contributed by atoms with Crippen molar-refractivity contribution >= 4 is 5.91 Å². The minimum atomic E-state index is -0.612. The molecule has 4 heteroatoms. The molecule has 1 saturated carbocycles. The van der Waals surface area contributed by atoms with Gasteiger partial charge in [0.15, 0.2) is 0 Å². The van der Waals surface area contributed by atoms with Gasteiger partial charge in [-0.2, -0.15) is 0 Å². The third kappa shape index (κ3) is 4.28. The van der Waals surface area contributed by atoms with Crippen LogP contribution >= 0.6 is 0 Å². The largest absolute Gasteiger partial charge is 0.368 e. The number of hydrogen-bond acceptors (Lipinski definition) is 3. The lowest BCUT2D eigenvalue weighted by Gasteiger charge is -2.33. The molecule has 1 rings (SSSR count). The van der Waals surface area contributed by atoms with Gasteiger partial charge in [-0.1, -0.05) is 13.8 Å². The van der Waals surface area contributed by atoms with E-state index in [1.807, 2.05) is 6.92 Å². The Morgan fingerprint density at radius 3 is 2.47 bits per heavy atom. The first kappa shape index (κ1) is 14.5. The third-order valence-electron chi connectivity index (χ3n) is 3.67. The average molecular weight is 241 g/mol. The Hall–Kier alpha value is -0.610. The summed E-state index contributed by atoms with van der Waals surface area (Å²) < 4.78 is 0. The van der Waals surface area contributed by atoms with E-state index in [0.717, 1.165) is 13.1 Å². The lowest BCUT2D eigenvalue weighted by Crippen LogP contribution is -2.58. The van der Waals surface area contributed by atoms with Gasteiger partial charge in [-0.3, -0.25) is 9.69 Å². The SMILES string of the molecule is CNC(C)(CN(CCC(C)C)C1CC1)C(N)=O. The van der Waals surface area contributed by atoms with Gasteiger partial charge in [0, 0.05) is 12.6 Å². The molecular formula is C13H27N3O. The molecule has 0 heterocycles. The maximum atomic E-state index is 11.5. The molecule has 4 nitrogen and oxygen atoms in total. The van der Waals surface area contributed by atoms with Gasteiger partial charge >= 0.3 is 0 Å². The summed E-state index contributed by atoms with van der Waals surface area (Å²) in [7, 11) is 1.80. The Labute approximate surface area is 105 Å². The second-order valence-electron chi connectivity index (χ2n) is 5.83. The van der Waals surface area contributed by atoms with Crippen molar-refractivity contribution in [2.45, 2.75) is 51.6 Å². The fourth-order valence-corrected chi connectivity index (χ4v) is 1.94. The van der Waals surface area contributed by atoms with Gasteiger partial charge in [0.1, 0.15) is 5.54 Å². The van der Waals surface area contributed by atoms with Crippen molar-refractivity contribution in [2.75, 3.05) is 20.1 Å². The van der Waals surface area contributed by atoms with Crippen molar-refractivity contribution in [1.82, 2.24) is 10.2 Å². The summed E-state index contributed by atoms with van der Waals surface area (Å²) in [5.41, 5.74) is 4.87. The molecule has 0 spiro atoms. The van der Waals surface area contributed by atoms with Gasteiger partial charge in [0.05, 0.1) is 0 Å². The molecule has 1 fully saturated rings. The van der Waals surface area contributed by atoms with E-state index in [1.54, 1.807) is 7.05 Å². The van der Waals surface area contributed by atoms with Crippen LogP contribution < -0.4 is 11.1 Å². The van der Waals surface area contributed by atoms with Gasteiger partial charge in [0.25, 0.3) is 0 Å². The molecule has 1 amide bonds. The highest BCUT2D eigenvalue weighted by molar-refractivity contribution is 5.84. The number of primary amides is 1. The van der Waals surface area contributed by atoms with Crippen molar-refractivity contribution in [3.8, 4) is 0 Å². The topological polar surface area (TPSA) is 58.4 Å². The van der Waals surface area contributed by atoms with Crippen LogP contribution in [-0.4, -0.2) is 42.5 Å². The maximum absolute atomic E-state index is 11.5. The first-order valence-electron chi connectivity index (χ1n) is 6.62. The molecule has 0 aromatic carbocycles. The predicted molar refractivity (Wildman–Crippen MR) is 70.7 cm³/mol. The lowest BCUT2D eigenvalue weighted by atomic mass is 10.0. The van der Waals surface area contributed by atoms with Gasteiger partial charge < -0.3 is 11.1 Å². The van der Waals surface area contributed by atoms with Crippen molar-refractivity contribution in [3.05, 3.63) is 0 Å². The first-order chi connectivity index (χ1) is 7.89. The molecule has 0 aromatic heterocycles. The van der Waals surface area contributed by atoms with Crippen LogP contribution in [0.2, 0.25) is 0 Å². The number of carbonyl (C=O) groups excluding carboxylic acids is 1. The standard InChI is InChI=1S/C13H27N3O/c1-10(2)7-8-16(11-5-6-11)9-13(3,15-4)12(14)17/h10-11,15H,5-9H2,1-4H3,(H2,14,17). The van der Waals surface area contributed by atoms with Crippen LogP contribution in [0, 0.1) is 5.92 Å². The molecular weight excluding hydrogens is 214 g/mol. The second kappa shape index (κ2) is 5.83. The zero-order chi connectivity index (χ0) is 13.1. The summed E-state index contributed by atoms with van der Waals surface area (Å²) >= 11 is 0. The van der Waals surface area contributed by atoms with E-state index < -0.39 is 5.54 Å². The Balaban J connectivity index is 2.56. The van der Waals surface area contributed by atoms with Crippen LogP contribution in [0.4, 0.5) is 0 Å². The summed E-state index contributed by atoms with van der Waals surface area (Å²) in [6, 6.07) is 0.667. The quantitative estimate of drug-likeness (QED) is 0.665. The van der Waals surface area contributed by atoms with Crippen molar-refractivity contribution < 1.29 is 4.79 Å². The van der Waals surface area contributed by atoms with E-state index in [4.69, 9.17) is 5.73 Å². The zero-order valence-corrected chi connectivity index (χ0v) is 11.6. The van der Waals surface area contributed by atoms with E-state index in [2.05, 4.69) is 24.1 Å². The summed E-state index contributed by atoms with van der Waals surface area (Å²) in [6.07, 6.45) is 3.70. The molecule has 0 radical (unpaired) electrons. The predicted octanol–water partition coefficient (Wildman–Crippen LogP) is 0.960. The van der Waals surface area contributed by atoms with Crippen LogP contribution in [0.3, 0.4) is 0 Å². The molecule has 0 bridgehead atoms. The maximum Gasteiger partial charge on any atom is 0.238 e. The number of carbonyl (C=O) groups is 1. The minimum Gasteiger partial charge on any atom is -0.368 e. The monoisotopic (exact) mass is 241 g/mol. The Bertz CT molecular complexity index is 263. The summed E-state index contributed by atoms with van der Waals surface area (Å²) in [4.78, 5) is 13.9. The number of nitrogens with two attached hydrogens (primary N) is 1. The van der Waals surface area contributed by atoms with E-state index in [0.29, 0.717) is 12.0 Å². The molecule has 1 aliphatic carbocycles. The average Bonchev–Trinajstić information content (AvgIpc) is 3.07. The number of rotatable bonds is 8. The van der Waals surface area contributed by atoms with E-state index in [-0.39, 0.29) is 5.91 Å². The van der Waals surface area contributed by atoms with Crippen LogP contribution in [-0.2, 0) is 4.79 Å². The fraction of sp³-hybridized carbons (Fsp3) is 0.923. The number of nitrogens with one attached hydrogen (secondary N) is 1. The van der Waals surface area contributed by atoms with Crippen molar-refractivity contribution in [3.63, 3.8) is 0 Å². The van der Waals surface area contributed by atoms with Gasteiger partial charge in [0.2, 0.25) is 5.91 Å². The molecule has 0 aromatic rings. The molecule has 17 heavy (non-hydrogen) atoms. The Morgan fingerprint density at radius 1 is 1.53 bits per heavy atom. The Morgan fingerprint density at radius 2 is 2.12 bits per heavy atom. The van der Waals surface area contributed by atoms with Crippen molar-refractivity contribution in [1.29, 1.82) is 0 Å². The summed E-state index contributed by atoms with van der Waals surface area (Å²) in [5, 5.41) is 3.06. The lowest BCUT2D eigenvalue weighted by molar-refractivity contribution is -0.124. The van der Waals surface area contributed by atoms with Crippen molar-refractivity contribution in [2.24, 2.45) is 11.7 Å². The normalized spacial score (nSPS) is 19.6. The number of hydrogen-bond donors (Lipinski definition) is 2. The number of amides is 1. The van der Waals surface area contributed by atoms with E-state index >= 15 is 0 Å². The number of likely N-dealkylation sites (N-methyl/N-ethyl adjacent to an activating group) is 1. The van der Waals surface area contributed by atoms with Crippen LogP contribution in [0.1, 0.15) is 40.0 Å². The molecule has 0 aliphatic heterocycles. The molecule has 1 aliphatic rings. The molecule has 1 atom stereocenters. The van der Waals surface area contributed by atoms with E-state index in [1.165, 1.54) is 19.3 Å². The van der Waals surface area contributed by atoms with Gasteiger partial charge in [-0.05, 0) is 45.7 Å². The van der Waals surface area contributed by atoms with Gasteiger partial charge in [-0.15, -0.1) is 0 Å². The summed E-state index contributed by atoms with van der Waals surface area (Å²) in [6.45, 7) is 8.13. The highest BCUT2D eigenvalue weighted by atomic mass is 16.1. The van der Waals surface area contributed by atoms with Crippen LogP contribution in [0.5, 0.6) is 0 Å². The molecule has 100 valence electrons. The second-order valence-corrected chi connectivity index (χ2v) is 5.83.